The van der Waals surface area contributed by atoms with Gasteiger partial charge >= 0.3 is 0 Å². The predicted molar refractivity (Wildman–Crippen MR) is 86.5 cm³/mol. The molecule has 0 saturated heterocycles. The second kappa shape index (κ2) is 6.47. The minimum absolute atomic E-state index is 0.607. The van der Waals surface area contributed by atoms with Gasteiger partial charge in [0.25, 0.3) is 0 Å². The summed E-state index contributed by atoms with van der Waals surface area (Å²) in [6, 6.07) is 3.62. The summed E-state index contributed by atoms with van der Waals surface area (Å²) in [5.74, 6) is 1.48. The van der Waals surface area contributed by atoms with Crippen molar-refractivity contribution in [1.29, 1.82) is 0 Å². The van der Waals surface area contributed by atoms with Gasteiger partial charge in [0, 0.05) is 12.7 Å². The van der Waals surface area contributed by atoms with E-state index in [-0.39, 0.29) is 0 Å². The number of rotatable bonds is 4. The van der Waals surface area contributed by atoms with Crippen molar-refractivity contribution in [2.24, 2.45) is 0 Å². The molecule has 0 fully saturated rings. The van der Waals surface area contributed by atoms with Crippen molar-refractivity contribution in [3.05, 3.63) is 32.6 Å². The first-order valence-electron chi connectivity index (χ1n) is 6.01. The zero-order valence-corrected chi connectivity index (χ0v) is 13.7. The number of anilines is 1. The summed E-state index contributed by atoms with van der Waals surface area (Å²) >= 11 is 8.10. The number of aryl methyl sites for hydroxylation is 1. The second-order valence-electron chi connectivity index (χ2n) is 4.08. The van der Waals surface area contributed by atoms with E-state index in [0.717, 1.165) is 33.7 Å². The summed E-state index contributed by atoms with van der Waals surface area (Å²) in [4.78, 5) is 13.3. The van der Waals surface area contributed by atoms with Gasteiger partial charge in [0.05, 0.1) is 14.3 Å². The van der Waals surface area contributed by atoms with Crippen LogP contribution in [-0.2, 0) is 0 Å². The Morgan fingerprint density at radius 3 is 2.74 bits per heavy atom. The highest BCUT2D eigenvalue weighted by molar-refractivity contribution is 14.1. The molecule has 19 heavy (non-hydrogen) atoms. The number of nitrogens with zero attached hydrogens (tertiary/aromatic N) is 3. The lowest BCUT2D eigenvalue weighted by Crippen LogP contribution is -2.08. The highest BCUT2D eigenvalue weighted by atomic mass is 127. The summed E-state index contributed by atoms with van der Waals surface area (Å²) in [5, 5.41) is 3.92. The minimum Gasteiger partial charge on any atom is -0.369 e. The predicted octanol–water partition coefficient (Wildman–Crippen LogP) is 3.93. The van der Waals surface area contributed by atoms with Gasteiger partial charge in [-0.15, -0.1) is 0 Å². The molecule has 2 heterocycles. The Balaban J connectivity index is 2.40. The first-order chi connectivity index (χ1) is 9.11. The molecule has 0 spiro atoms. The van der Waals surface area contributed by atoms with Crippen LogP contribution in [0.2, 0.25) is 5.02 Å². The molecule has 2 rings (SSSR count). The fourth-order valence-corrected chi connectivity index (χ4v) is 2.09. The summed E-state index contributed by atoms with van der Waals surface area (Å²) in [6.07, 6.45) is 2.65. The second-order valence-corrected chi connectivity index (χ2v) is 5.60. The van der Waals surface area contributed by atoms with Crippen LogP contribution in [0.1, 0.15) is 19.0 Å². The van der Waals surface area contributed by atoms with Crippen LogP contribution >= 0.6 is 34.2 Å². The molecule has 100 valence electrons. The topological polar surface area (TPSA) is 50.7 Å². The molecule has 0 saturated carbocycles. The van der Waals surface area contributed by atoms with Crippen LogP contribution < -0.4 is 5.32 Å². The molecule has 0 aliphatic heterocycles. The quantitative estimate of drug-likeness (QED) is 0.807. The van der Waals surface area contributed by atoms with Gasteiger partial charge in [-0.2, -0.15) is 0 Å². The first-order valence-corrected chi connectivity index (χ1v) is 7.47. The van der Waals surface area contributed by atoms with Gasteiger partial charge in [-0.1, -0.05) is 18.5 Å². The number of aromatic nitrogens is 3. The zero-order chi connectivity index (χ0) is 13.8. The SMILES string of the molecule is CCCNc1nc(-c2ccc(Cl)cn2)nc(C)c1I. The zero-order valence-electron chi connectivity index (χ0n) is 10.7. The van der Waals surface area contributed by atoms with Crippen molar-refractivity contribution in [1.82, 2.24) is 15.0 Å². The molecule has 6 heteroatoms. The lowest BCUT2D eigenvalue weighted by molar-refractivity contribution is 0.956. The lowest BCUT2D eigenvalue weighted by Gasteiger charge is -2.10. The summed E-state index contributed by atoms with van der Waals surface area (Å²) < 4.78 is 1.05. The Hall–Kier alpha value is -0.950. The van der Waals surface area contributed by atoms with E-state index in [1.54, 1.807) is 12.3 Å². The van der Waals surface area contributed by atoms with Crippen LogP contribution in [0.5, 0.6) is 0 Å². The average molecular weight is 389 g/mol. The third kappa shape index (κ3) is 3.54. The van der Waals surface area contributed by atoms with Crippen molar-refractivity contribution < 1.29 is 0 Å². The maximum atomic E-state index is 5.84. The van der Waals surface area contributed by atoms with E-state index >= 15 is 0 Å². The number of halogens is 2. The molecular formula is C13H14ClIN4. The van der Waals surface area contributed by atoms with Crippen LogP contribution in [0.25, 0.3) is 11.5 Å². The van der Waals surface area contributed by atoms with Crippen molar-refractivity contribution in [2.45, 2.75) is 20.3 Å². The van der Waals surface area contributed by atoms with E-state index in [2.05, 4.69) is 49.8 Å². The molecule has 0 aliphatic carbocycles. The Kier molecular flexibility index (Phi) is 4.93. The normalized spacial score (nSPS) is 10.5. The van der Waals surface area contributed by atoms with Crippen molar-refractivity contribution in [2.75, 3.05) is 11.9 Å². The maximum Gasteiger partial charge on any atom is 0.180 e. The number of pyridine rings is 1. The number of hydrogen-bond acceptors (Lipinski definition) is 4. The molecule has 1 N–H and O–H groups in total. The number of hydrogen-bond donors (Lipinski definition) is 1. The highest BCUT2D eigenvalue weighted by Gasteiger charge is 2.11. The van der Waals surface area contributed by atoms with E-state index in [1.807, 2.05) is 13.0 Å². The van der Waals surface area contributed by atoms with Crippen LogP contribution in [0.15, 0.2) is 18.3 Å². The van der Waals surface area contributed by atoms with Crippen molar-refractivity contribution in [3.63, 3.8) is 0 Å². The van der Waals surface area contributed by atoms with Gasteiger partial charge in [-0.3, -0.25) is 4.98 Å². The Labute approximate surface area is 131 Å². The summed E-state index contributed by atoms with van der Waals surface area (Å²) in [6.45, 7) is 4.98. The summed E-state index contributed by atoms with van der Waals surface area (Å²) in [7, 11) is 0. The molecule has 0 radical (unpaired) electrons. The first kappa shape index (κ1) is 14.5. The Bertz CT molecular complexity index is 572. The van der Waals surface area contributed by atoms with Gasteiger partial charge < -0.3 is 5.32 Å². The number of nitrogens with one attached hydrogen (secondary N) is 1. The maximum absolute atomic E-state index is 5.84. The van der Waals surface area contributed by atoms with Gasteiger partial charge in [-0.05, 0) is 48.1 Å². The molecule has 0 atom stereocenters. The molecule has 2 aromatic rings. The van der Waals surface area contributed by atoms with Gasteiger partial charge in [0.2, 0.25) is 0 Å². The van der Waals surface area contributed by atoms with Gasteiger partial charge in [0.15, 0.2) is 5.82 Å². The van der Waals surface area contributed by atoms with E-state index in [9.17, 15) is 0 Å². The van der Waals surface area contributed by atoms with Crippen LogP contribution in [0.3, 0.4) is 0 Å². The molecule has 0 amide bonds. The third-order valence-electron chi connectivity index (χ3n) is 2.52. The standard InChI is InChI=1S/C13H14ClIN4/c1-3-6-16-13-11(15)8(2)18-12(19-13)10-5-4-9(14)7-17-10/h4-5,7H,3,6H2,1-2H3,(H,16,18,19). The molecule has 0 aliphatic rings. The monoisotopic (exact) mass is 388 g/mol. The van der Waals surface area contributed by atoms with Crippen LogP contribution in [-0.4, -0.2) is 21.5 Å². The fraction of sp³-hybridized carbons (Fsp3) is 0.308. The summed E-state index contributed by atoms with van der Waals surface area (Å²) in [5.41, 5.74) is 1.67. The smallest absolute Gasteiger partial charge is 0.180 e. The van der Waals surface area contributed by atoms with Crippen LogP contribution in [0, 0.1) is 10.5 Å². The van der Waals surface area contributed by atoms with Crippen LogP contribution in [0.4, 0.5) is 5.82 Å². The van der Waals surface area contributed by atoms with Gasteiger partial charge in [0.1, 0.15) is 11.5 Å². The molecule has 2 aromatic heterocycles. The highest BCUT2D eigenvalue weighted by Crippen LogP contribution is 2.23. The molecular weight excluding hydrogens is 375 g/mol. The lowest BCUT2D eigenvalue weighted by atomic mass is 10.3. The molecule has 0 unspecified atom stereocenters. The average Bonchev–Trinajstić information content (AvgIpc) is 2.41. The third-order valence-corrected chi connectivity index (χ3v) is 4.03. The van der Waals surface area contributed by atoms with E-state index in [1.165, 1.54) is 0 Å². The van der Waals surface area contributed by atoms with Crippen molar-refractivity contribution >= 4 is 40.0 Å². The molecule has 4 nitrogen and oxygen atoms in total. The Morgan fingerprint density at radius 1 is 1.32 bits per heavy atom. The van der Waals surface area contributed by atoms with E-state index in [0.29, 0.717) is 10.8 Å². The largest absolute Gasteiger partial charge is 0.369 e. The van der Waals surface area contributed by atoms with Gasteiger partial charge in [-0.25, -0.2) is 9.97 Å². The fourth-order valence-electron chi connectivity index (χ4n) is 1.54. The molecule has 0 bridgehead atoms. The van der Waals surface area contributed by atoms with E-state index in [4.69, 9.17) is 11.6 Å². The molecule has 0 aromatic carbocycles. The minimum atomic E-state index is 0.607. The van der Waals surface area contributed by atoms with Crippen molar-refractivity contribution in [3.8, 4) is 11.5 Å². The van der Waals surface area contributed by atoms with E-state index < -0.39 is 0 Å². The Morgan fingerprint density at radius 2 is 2.11 bits per heavy atom.